The summed E-state index contributed by atoms with van der Waals surface area (Å²) in [6.07, 6.45) is 10.2. The summed E-state index contributed by atoms with van der Waals surface area (Å²) in [5, 5.41) is 9.83. The standard InChI is InChI=1S/C14H29NO/c1-3-4-5-6-7-8-11-15-12-9-14(2,16)10-13-15/h16H,3-13H2,1-2H3. The number of unbranched alkanes of at least 4 members (excludes halogenated alkanes) is 5. The summed E-state index contributed by atoms with van der Waals surface area (Å²) >= 11 is 0. The average Bonchev–Trinajstić information content (AvgIpc) is 2.25. The number of hydrogen-bond acceptors (Lipinski definition) is 2. The van der Waals surface area contributed by atoms with Crippen LogP contribution < -0.4 is 0 Å². The summed E-state index contributed by atoms with van der Waals surface area (Å²) in [4.78, 5) is 2.51. The quantitative estimate of drug-likeness (QED) is 0.675. The van der Waals surface area contributed by atoms with Crippen LogP contribution in [0.15, 0.2) is 0 Å². The van der Waals surface area contributed by atoms with Crippen LogP contribution in [-0.2, 0) is 0 Å². The molecule has 1 saturated heterocycles. The minimum Gasteiger partial charge on any atom is -0.390 e. The summed E-state index contributed by atoms with van der Waals surface area (Å²) in [6, 6.07) is 0. The van der Waals surface area contributed by atoms with Gasteiger partial charge in [-0.1, -0.05) is 39.0 Å². The molecule has 1 aliphatic heterocycles. The molecule has 1 fully saturated rings. The Morgan fingerprint density at radius 3 is 2.19 bits per heavy atom. The van der Waals surface area contributed by atoms with Crippen molar-refractivity contribution in [2.45, 2.75) is 70.8 Å². The second-order valence-corrected chi connectivity index (χ2v) is 5.61. The minimum atomic E-state index is -0.391. The van der Waals surface area contributed by atoms with Crippen molar-refractivity contribution in [3.63, 3.8) is 0 Å². The second kappa shape index (κ2) is 7.29. The van der Waals surface area contributed by atoms with Crippen molar-refractivity contribution < 1.29 is 5.11 Å². The van der Waals surface area contributed by atoms with Gasteiger partial charge in [0, 0.05) is 13.1 Å². The Morgan fingerprint density at radius 2 is 1.56 bits per heavy atom. The van der Waals surface area contributed by atoms with Gasteiger partial charge < -0.3 is 10.0 Å². The Bertz CT molecular complexity index is 170. The molecule has 0 atom stereocenters. The third kappa shape index (κ3) is 5.86. The fourth-order valence-electron chi connectivity index (χ4n) is 2.37. The van der Waals surface area contributed by atoms with E-state index in [0.29, 0.717) is 0 Å². The van der Waals surface area contributed by atoms with Crippen LogP contribution in [0.2, 0.25) is 0 Å². The lowest BCUT2D eigenvalue weighted by atomic mass is 9.94. The Hall–Kier alpha value is -0.0800. The first kappa shape index (κ1) is 14.0. The molecule has 0 aliphatic carbocycles. The van der Waals surface area contributed by atoms with Crippen LogP contribution >= 0.6 is 0 Å². The molecule has 2 nitrogen and oxygen atoms in total. The molecule has 96 valence electrons. The Labute approximate surface area is 101 Å². The molecule has 0 saturated carbocycles. The maximum absolute atomic E-state index is 9.83. The highest BCUT2D eigenvalue weighted by atomic mass is 16.3. The predicted molar refractivity (Wildman–Crippen MR) is 69.7 cm³/mol. The van der Waals surface area contributed by atoms with Gasteiger partial charge in [0.05, 0.1) is 5.60 Å². The number of aliphatic hydroxyl groups is 1. The van der Waals surface area contributed by atoms with Gasteiger partial charge in [0.1, 0.15) is 0 Å². The van der Waals surface area contributed by atoms with E-state index >= 15 is 0 Å². The minimum absolute atomic E-state index is 0.391. The third-order valence-electron chi connectivity index (χ3n) is 3.76. The van der Waals surface area contributed by atoms with Gasteiger partial charge in [0.15, 0.2) is 0 Å². The largest absolute Gasteiger partial charge is 0.390 e. The van der Waals surface area contributed by atoms with Crippen LogP contribution in [0.4, 0.5) is 0 Å². The predicted octanol–water partition coefficient (Wildman–Crippen LogP) is 3.19. The highest BCUT2D eigenvalue weighted by Crippen LogP contribution is 2.21. The van der Waals surface area contributed by atoms with Crippen molar-refractivity contribution >= 4 is 0 Å². The molecule has 2 heteroatoms. The lowest BCUT2D eigenvalue weighted by Crippen LogP contribution is -2.42. The van der Waals surface area contributed by atoms with Gasteiger partial charge in [-0.25, -0.2) is 0 Å². The zero-order valence-corrected chi connectivity index (χ0v) is 11.2. The van der Waals surface area contributed by atoms with Crippen molar-refractivity contribution in [1.82, 2.24) is 4.90 Å². The molecule has 1 N–H and O–H groups in total. The van der Waals surface area contributed by atoms with Crippen LogP contribution in [0.1, 0.15) is 65.2 Å². The fourth-order valence-corrected chi connectivity index (χ4v) is 2.37. The molecule has 0 aromatic rings. The summed E-state index contributed by atoms with van der Waals surface area (Å²) in [7, 11) is 0. The molecule has 0 unspecified atom stereocenters. The van der Waals surface area contributed by atoms with E-state index in [2.05, 4.69) is 11.8 Å². The van der Waals surface area contributed by atoms with Crippen LogP contribution in [0.5, 0.6) is 0 Å². The van der Waals surface area contributed by atoms with Gasteiger partial charge in [-0.3, -0.25) is 0 Å². The van der Waals surface area contributed by atoms with Crippen molar-refractivity contribution in [2.75, 3.05) is 19.6 Å². The maximum atomic E-state index is 9.83. The van der Waals surface area contributed by atoms with E-state index < -0.39 is 5.60 Å². The smallest absolute Gasteiger partial charge is 0.0644 e. The number of piperidine rings is 1. The zero-order chi connectivity index (χ0) is 11.9. The van der Waals surface area contributed by atoms with Crippen LogP contribution in [0.3, 0.4) is 0 Å². The monoisotopic (exact) mass is 227 g/mol. The Balaban J connectivity index is 1.94. The highest BCUT2D eigenvalue weighted by molar-refractivity contribution is 4.81. The topological polar surface area (TPSA) is 23.5 Å². The van der Waals surface area contributed by atoms with Gasteiger partial charge in [-0.15, -0.1) is 0 Å². The molecule has 0 spiro atoms. The van der Waals surface area contributed by atoms with Crippen LogP contribution in [0.25, 0.3) is 0 Å². The molecule has 1 rings (SSSR count). The van der Waals surface area contributed by atoms with E-state index in [0.717, 1.165) is 25.9 Å². The molecule has 1 heterocycles. The van der Waals surface area contributed by atoms with Crippen LogP contribution in [-0.4, -0.2) is 35.2 Å². The SMILES string of the molecule is CCCCCCCCN1CCC(C)(O)CC1. The summed E-state index contributed by atoms with van der Waals surface area (Å²) in [5.41, 5.74) is -0.391. The van der Waals surface area contributed by atoms with E-state index in [1.807, 2.05) is 6.92 Å². The Kier molecular flexibility index (Phi) is 6.37. The number of nitrogens with zero attached hydrogens (tertiary/aromatic N) is 1. The molecule has 0 aromatic carbocycles. The molecule has 0 amide bonds. The number of likely N-dealkylation sites (tertiary alicyclic amines) is 1. The van der Waals surface area contributed by atoms with Crippen LogP contribution in [0, 0.1) is 0 Å². The van der Waals surface area contributed by atoms with E-state index in [9.17, 15) is 5.11 Å². The third-order valence-corrected chi connectivity index (χ3v) is 3.76. The molecule has 1 aliphatic rings. The highest BCUT2D eigenvalue weighted by Gasteiger charge is 2.26. The molecule has 0 radical (unpaired) electrons. The Morgan fingerprint density at radius 1 is 1.00 bits per heavy atom. The fraction of sp³-hybridized carbons (Fsp3) is 1.00. The van der Waals surface area contributed by atoms with Crippen molar-refractivity contribution in [3.8, 4) is 0 Å². The average molecular weight is 227 g/mol. The first-order valence-electron chi connectivity index (χ1n) is 7.09. The molecular weight excluding hydrogens is 198 g/mol. The molecule has 0 bridgehead atoms. The van der Waals surface area contributed by atoms with E-state index in [1.54, 1.807) is 0 Å². The first-order chi connectivity index (χ1) is 7.64. The summed E-state index contributed by atoms with van der Waals surface area (Å²) in [6.45, 7) is 7.64. The molecule has 16 heavy (non-hydrogen) atoms. The second-order valence-electron chi connectivity index (χ2n) is 5.61. The van der Waals surface area contributed by atoms with E-state index in [-0.39, 0.29) is 0 Å². The first-order valence-corrected chi connectivity index (χ1v) is 7.09. The van der Waals surface area contributed by atoms with E-state index in [4.69, 9.17) is 0 Å². The lowest BCUT2D eigenvalue weighted by Gasteiger charge is -2.35. The van der Waals surface area contributed by atoms with Gasteiger partial charge in [-0.2, -0.15) is 0 Å². The number of rotatable bonds is 7. The number of hydrogen-bond donors (Lipinski definition) is 1. The molecular formula is C14H29NO. The summed E-state index contributed by atoms with van der Waals surface area (Å²) in [5.74, 6) is 0. The lowest BCUT2D eigenvalue weighted by molar-refractivity contribution is -0.00554. The van der Waals surface area contributed by atoms with Crippen molar-refractivity contribution in [2.24, 2.45) is 0 Å². The van der Waals surface area contributed by atoms with Gasteiger partial charge in [0.25, 0.3) is 0 Å². The normalized spacial score (nSPS) is 21.2. The van der Waals surface area contributed by atoms with Crippen molar-refractivity contribution in [1.29, 1.82) is 0 Å². The van der Waals surface area contributed by atoms with Gasteiger partial charge >= 0.3 is 0 Å². The van der Waals surface area contributed by atoms with Gasteiger partial charge in [0.2, 0.25) is 0 Å². The maximum Gasteiger partial charge on any atom is 0.0644 e. The zero-order valence-electron chi connectivity index (χ0n) is 11.2. The molecule has 0 aromatic heterocycles. The van der Waals surface area contributed by atoms with Crippen molar-refractivity contribution in [3.05, 3.63) is 0 Å². The summed E-state index contributed by atoms with van der Waals surface area (Å²) < 4.78 is 0. The van der Waals surface area contributed by atoms with E-state index in [1.165, 1.54) is 45.1 Å². The van der Waals surface area contributed by atoms with Gasteiger partial charge in [-0.05, 0) is 32.7 Å².